The smallest absolute Gasteiger partial charge is 0.311 e. The Kier molecular flexibility index (Phi) is 4.83. The molecule has 0 unspecified atom stereocenters. The molecule has 2 aromatic carbocycles. The number of carbonyl (C=O) groups excluding carboxylic acids is 2. The number of para-hydroxylation sites is 1. The van der Waals surface area contributed by atoms with Crippen LogP contribution in [0.15, 0.2) is 42.5 Å². The summed E-state index contributed by atoms with van der Waals surface area (Å²) < 4.78 is 4.93. The van der Waals surface area contributed by atoms with Crippen molar-refractivity contribution in [2.24, 2.45) is 0 Å². The predicted molar refractivity (Wildman–Crippen MR) is 94.5 cm³/mol. The Morgan fingerprint density at radius 2 is 1.88 bits per heavy atom. The van der Waals surface area contributed by atoms with Gasteiger partial charge in [-0.3, -0.25) is 19.7 Å². The van der Waals surface area contributed by atoms with Crippen molar-refractivity contribution in [1.82, 2.24) is 5.32 Å². The monoisotopic (exact) mass is 355 g/mol. The lowest BCUT2D eigenvalue weighted by Gasteiger charge is -2.11. The van der Waals surface area contributed by atoms with E-state index in [9.17, 15) is 19.7 Å². The van der Waals surface area contributed by atoms with Gasteiger partial charge in [0, 0.05) is 17.7 Å². The predicted octanol–water partition coefficient (Wildman–Crippen LogP) is 2.75. The van der Waals surface area contributed by atoms with Crippen LogP contribution in [0.25, 0.3) is 0 Å². The van der Waals surface area contributed by atoms with Crippen molar-refractivity contribution in [3.05, 3.63) is 63.7 Å². The van der Waals surface area contributed by atoms with Crippen LogP contribution in [0.1, 0.15) is 33.6 Å². The van der Waals surface area contributed by atoms with E-state index in [0.29, 0.717) is 11.3 Å². The van der Waals surface area contributed by atoms with Crippen LogP contribution in [0.5, 0.6) is 5.75 Å². The van der Waals surface area contributed by atoms with Crippen molar-refractivity contribution >= 4 is 23.2 Å². The van der Waals surface area contributed by atoms with Gasteiger partial charge in [-0.15, -0.1) is 0 Å². The van der Waals surface area contributed by atoms with E-state index in [2.05, 4.69) is 10.6 Å². The van der Waals surface area contributed by atoms with Crippen LogP contribution < -0.4 is 15.4 Å². The number of rotatable bonds is 6. The highest BCUT2D eigenvalue weighted by Gasteiger charge is 2.25. The molecule has 26 heavy (non-hydrogen) atoms. The topological polar surface area (TPSA) is 111 Å². The van der Waals surface area contributed by atoms with Crippen LogP contribution in [0, 0.1) is 10.1 Å². The number of nitro groups is 1. The maximum atomic E-state index is 12.5. The quantitative estimate of drug-likeness (QED) is 0.611. The number of nitrogens with zero attached hydrogens (tertiary/aromatic N) is 1. The molecule has 0 aromatic heterocycles. The summed E-state index contributed by atoms with van der Waals surface area (Å²) in [6, 6.07) is 10.7. The first-order chi connectivity index (χ1) is 12.5. The minimum atomic E-state index is -0.618. The van der Waals surface area contributed by atoms with E-state index < -0.39 is 10.8 Å². The fraction of sp³-hybridized carbons (Fsp3) is 0.222. The maximum absolute atomic E-state index is 12.5. The van der Waals surface area contributed by atoms with Gasteiger partial charge in [0.05, 0.1) is 23.3 Å². The summed E-state index contributed by atoms with van der Waals surface area (Å²) in [6.07, 6.45) is 1.91. The normalized spacial score (nSPS) is 13.0. The molecule has 8 nitrogen and oxygen atoms in total. The molecule has 0 saturated heterocycles. The van der Waals surface area contributed by atoms with E-state index in [1.807, 2.05) is 0 Å². The molecule has 2 aromatic rings. The zero-order valence-corrected chi connectivity index (χ0v) is 14.0. The second-order valence-corrected chi connectivity index (χ2v) is 5.89. The highest BCUT2D eigenvalue weighted by molar-refractivity contribution is 6.09. The molecule has 0 spiro atoms. The second kappa shape index (κ2) is 7.22. The molecule has 0 radical (unpaired) electrons. The van der Waals surface area contributed by atoms with E-state index in [1.165, 1.54) is 19.2 Å². The van der Waals surface area contributed by atoms with Crippen LogP contribution in [0.4, 0.5) is 11.4 Å². The Bertz CT molecular complexity index is 877. The number of nitrogens with one attached hydrogen (secondary N) is 2. The maximum Gasteiger partial charge on any atom is 0.311 e. The molecule has 1 aliphatic rings. The fourth-order valence-electron chi connectivity index (χ4n) is 2.45. The summed E-state index contributed by atoms with van der Waals surface area (Å²) >= 11 is 0. The van der Waals surface area contributed by atoms with Gasteiger partial charge in [-0.2, -0.15) is 0 Å². The minimum absolute atomic E-state index is 0.0655. The largest absolute Gasteiger partial charge is 0.490 e. The van der Waals surface area contributed by atoms with Gasteiger partial charge in [-0.05, 0) is 37.1 Å². The van der Waals surface area contributed by atoms with E-state index in [1.54, 1.807) is 24.3 Å². The molecule has 0 bridgehead atoms. The number of carbonyl (C=O) groups is 2. The van der Waals surface area contributed by atoms with Crippen molar-refractivity contribution in [3.63, 3.8) is 0 Å². The standard InChI is InChI=1S/C18H17N3O5/c1-26-16-9-6-11(10-15(16)21(24)25)17(22)20-14-5-3-2-4-13(14)18(23)19-12-7-8-12/h2-6,9-10,12H,7-8H2,1H3,(H,19,23)(H,20,22). The van der Waals surface area contributed by atoms with E-state index in [4.69, 9.17) is 4.74 Å². The molecule has 134 valence electrons. The van der Waals surface area contributed by atoms with Gasteiger partial charge >= 0.3 is 5.69 Å². The summed E-state index contributed by atoms with van der Waals surface area (Å²) in [5.41, 5.74) is 0.472. The lowest BCUT2D eigenvalue weighted by Crippen LogP contribution is -2.27. The van der Waals surface area contributed by atoms with Gasteiger partial charge in [0.2, 0.25) is 0 Å². The van der Waals surface area contributed by atoms with Gasteiger partial charge in [0.15, 0.2) is 5.75 Å². The van der Waals surface area contributed by atoms with Crippen LogP contribution in [0.3, 0.4) is 0 Å². The first kappa shape index (κ1) is 17.4. The number of amides is 2. The van der Waals surface area contributed by atoms with Gasteiger partial charge < -0.3 is 15.4 Å². The molecular weight excluding hydrogens is 338 g/mol. The zero-order chi connectivity index (χ0) is 18.7. The molecule has 0 atom stereocenters. The molecule has 0 heterocycles. The van der Waals surface area contributed by atoms with Crippen molar-refractivity contribution in [2.45, 2.75) is 18.9 Å². The third-order valence-corrected chi connectivity index (χ3v) is 3.97. The van der Waals surface area contributed by atoms with Crippen LogP contribution in [-0.4, -0.2) is 29.9 Å². The van der Waals surface area contributed by atoms with Gasteiger partial charge in [0.25, 0.3) is 11.8 Å². The molecule has 1 fully saturated rings. The highest BCUT2D eigenvalue weighted by Crippen LogP contribution is 2.28. The molecule has 2 amide bonds. The summed E-state index contributed by atoms with van der Waals surface area (Å²) in [7, 11) is 1.32. The van der Waals surface area contributed by atoms with Crippen molar-refractivity contribution in [2.75, 3.05) is 12.4 Å². The first-order valence-corrected chi connectivity index (χ1v) is 8.03. The van der Waals surface area contributed by atoms with Crippen molar-refractivity contribution in [3.8, 4) is 5.75 Å². The van der Waals surface area contributed by atoms with Crippen molar-refractivity contribution in [1.29, 1.82) is 0 Å². The number of nitro benzene ring substituents is 1. The third-order valence-electron chi connectivity index (χ3n) is 3.97. The lowest BCUT2D eigenvalue weighted by atomic mass is 10.1. The fourth-order valence-corrected chi connectivity index (χ4v) is 2.45. The second-order valence-electron chi connectivity index (χ2n) is 5.89. The van der Waals surface area contributed by atoms with Crippen LogP contribution in [0.2, 0.25) is 0 Å². The van der Waals surface area contributed by atoms with Gasteiger partial charge in [-0.1, -0.05) is 12.1 Å². The molecule has 0 aliphatic heterocycles. The van der Waals surface area contributed by atoms with E-state index >= 15 is 0 Å². The summed E-state index contributed by atoms with van der Waals surface area (Å²) in [5, 5.41) is 16.6. The number of hydrogen-bond donors (Lipinski definition) is 2. The number of hydrogen-bond acceptors (Lipinski definition) is 5. The Morgan fingerprint density at radius 1 is 1.15 bits per heavy atom. The molecule has 2 N–H and O–H groups in total. The Hall–Kier alpha value is -3.42. The summed E-state index contributed by atoms with van der Waals surface area (Å²) in [4.78, 5) is 35.3. The molecule has 8 heteroatoms. The zero-order valence-electron chi connectivity index (χ0n) is 14.0. The first-order valence-electron chi connectivity index (χ1n) is 8.03. The SMILES string of the molecule is COc1ccc(C(=O)Nc2ccccc2C(=O)NC2CC2)cc1[N+](=O)[O-]. The van der Waals surface area contributed by atoms with E-state index in [0.717, 1.165) is 18.9 Å². The number of methoxy groups -OCH3 is 1. The van der Waals surface area contributed by atoms with Crippen molar-refractivity contribution < 1.29 is 19.2 Å². The summed E-state index contributed by atoms with van der Waals surface area (Å²) in [6.45, 7) is 0. The third kappa shape index (κ3) is 3.80. The molecule has 1 saturated carbocycles. The van der Waals surface area contributed by atoms with Crippen LogP contribution >= 0.6 is 0 Å². The average Bonchev–Trinajstić information content (AvgIpc) is 3.45. The average molecular weight is 355 g/mol. The lowest BCUT2D eigenvalue weighted by molar-refractivity contribution is -0.385. The highest BCUT2D eigenvalue weighted by atomic mass is 16.6. The molecule has 3 rings (SSSR count). The van der Waals surface area contributed by atoms with E-state index in [-0.39, 0.29) is 28.9 Å². The minimum Gasteiger partial charge on any atom is -0.490 e. The summed E-state index contributed by atoms with van der Waals surface area (Å²) in [5.74, 6) is -0.748. The molecule has 1 aliphatic carbocycles. The van der Waals surface area contributed by atoms with Gasteiger partial charge in [0.1, 0.15) is 0 Å². The number of ether oxygens (including phenoxy) is 1. The Labute approximate surface area is 149 Å². The number of anilines is 1. The van der Waals surface area contributed by atoms with Crippen LogP contribution in [-0.2, 0) is 0 Å². The Morgan fingerprint density at radius 3 is 2.54 bits per heavy atom. The molecular formula is C18H17N3O5. The Balaban J connectivity index is 1.83. The van der Waals surface area contributed by atoms with Gasteiger partial charge in [-0.25, -0.2) is 0 Å². The number of benzene rings is 2.